The van der Waals surface area contributed by atoms with Gasteiger partial charge in [-0.1, -0.05) is 0 Å². The molecular weight excluding hydrogens is 294 g/mol. The van der Waals surface area contributed by atoms with E-state index in [0.29, 0.717) is 12.1 Å². The van der Waals surface area contributed by atoms with Crippen molar-refractivity contribution < 1.29 is 13.9 Å². The van der Waals surface area contributed by atoms with Gasteiger partial charge in [-0.25, -0.2) is 4.98 Å². The molecule has 6 nitrogen and oxygen atoms in total. The summed E-state index contributed by atoms with van der Waals surface area (Å²) in [6.07, 6.45) is 3.55. The van der Waals surface area contributed by atoms with Crippen LogP contribution in [0.5, 0.6) is 0 Å². The Labute approximate surface area is 135 Å². The largest absolute Gasteiger partial charge is 0.467 e. The van der Waals surface area contributed by atoms with Crippen LogP contribution in [-0.4, -0.2) is 36.2 Å². The van der Waals surface area contributed by atoms with Crippen LogP contribution in [0.1, 0.15) is 30.0 Å². The fraction of sp³-hybridized carbons (Fsp3) is 0.412. The van der Waals surface area contributed by atoms with Crippen LogP contribution in [0.2, 0.25) is 0 Å². The van der Waals surface area contributed by atoms with E-state index in [9.17, 15) is 4.79 Å². The van der Waals surface area contributed by atoms with Gasteiger partial charge in [0, 0.05) is 19.3 Å². The lowest BCUT2D eigenvalue weighted by Gasteiger charge is -2.36. The summed E-state index contributed by atoms with van der Waals surface area (Å²) in [5.41, 5.74) is 0.537. The average Bonchev–Trinajstić information content (AvgIpc) is 3.05. The number of carbonyl (C=O) groups is 1. The Balaban J connectivity index is 1.61. The molecule has 0 saturated carbocycles. The van der Waals surface area contributed by atoms with Gasteiger partial charge in [-0.05, 0) is 38.1 Å². The molecule has 3 heterocycles. The van der Waals surface area contributed by atoms with Gasteiger partial charge in [-0.3, -0.25) is 4.79 Å². The lowest BCUT2D eigenvalue weighted by Crippen LogP contribution is -2.45. The molecule has 1 N–H and O–H groups in total. The summed E-state index contributed by atoms with van der Waals surface area (Å²) in [4.78, 5) is 18.7. The summed E-state index contributed by atoms with van der Waals surface area (Å²) in [6.45, 7) is 6.09. The van der Waals surface area contributed by atoms with Crippen molar-refractivity contribution in [3.8, 4) is 0 Å². The second kappa shape index (κ2) is 6.83. The molecular formula is C17H21N3O3. The molecule has 2 atom stereocenters. The first kappa shape index (κ1) is 15.6. The molecule has 1 aliphatic rings. The zero-order valence-electron chi connectivity index (χ0n) is 13.4. The predicted octanol–water partition coefficient (Wildman–Crippen LogP) is 2.22. The first-order valence-corrected chi connectivity index (χ1v) is 7.79. The van der Waals surface area contributed by atoms with Crippen molar-refractivity contribution in [1.29, 1.82) is 0 Å². The zero-order chi connectivity index (χ0) is 16.2. The number of nitrogens with zero attached hydrogens (tertiary/aromatic N) is 2. The molecule has 23 heavy (non-hydrogen) atoms. The van der Waals surface area contributed by atoms with E-state index in [-0.39, 0.29) is 18.1 Å². The van der Waals surface area contributed by atoms with Gasteiger partial charge in [0.15, 0.2) is 0 Å². The van der Waals surface area contributed by atoms with E-state index in [4.69, 9.17) is 9.15 Å². The number of anilines is 1. The van der Waals surface area contributed by atoms with E-state index in [0.717, 1.165) is 24.7 Å². The van der Waals surface area contributed by atoms with Gasteiger partial charge in [-0.15, -0.1) is 0 Å². The van der Waals surface area contributed by atoms with Crippen molar-refractivity contribution in [2.45, 2.75) is 32.6 Å². The maximum atomic E-state index is 12.1. The zero-order valence-corrected chi connectivity index (χ0v) is 13.4. The number of nitrogens with one attached hydrogen (secondary N) is 1. The smallest absolute Gasteiger partial charge is 0.253 e. The summed E-state index contributed by atoms with van der Waals surface area (Å²) in [7, 11) is 0. The number of rotatable bonds is 4. The number of ether oxygens (including phenoxy) is 1. The number of hydrogen-bond donors (Lipinski definition) is 1. The van der Waals surface area contributed by atoms with Gasteiger partial charge in [-0.2, -0.15) is 0 Å². The van der Waals surface area contributed by atoms with Crippen molar-refractivity contribution in [3.63, 3.8) is 0 Å². The number of amides is 1. The summed E-state index contributed by atoms with van der Waals surface area (Å²) in [5, 5.41) is 2.81. The maximum absolute atomic E-state index is 12.1. The molecule has 0 bridgehead atoms. The monoisotopic (exact) mass is 315 g/mol. The molecule has 0 aliphatic carbocycles. The third kappa shape index (κ3) is 3.90. The summed E-state index contributed by atoms with van der Waals surface area (Å²) >= 11 is 0. The van der Waals surface area contributed by atoms with Crippen LogP contribution in [0, 0.1) is 0 Å². The SMILES string of the molecule is C[C@@H]1CN(c2ccc(C(=O)NCc3ccco3)cn2)C[C@@H](C)O1. The quantitative estimate of drug-likeness (QED) is 0.937. The highest BCUT2D eigenvalue weighted by Crippen LogP contribution is 2.18. The number of morpholine rings is 1. The van der Waals surface area contributed by atoms with Crippen LogP contribution in [0.15, 0.2) is 41.1 Å². The fourth-order valence-corrected chi connectivity index (χ4v) is 2.76. The normalized spacial score (nSPS) is 21.2. The third-order valence-electron chi connectivity index (χ3n) is 3.76. The van der Waals surface area contributed by atoms with Crippen LogP contribution in [0.25, 0.3) is 0 Å². The number of furan rings is 1. The van der Waals surface area contributed by atoms with E-state index >= 15 is 0 Å². The minimum atomic E-state index is -0.163. The summed E-state index contributed by atoms with van der Waals surface area (Å²) in [6, 6.07) is 7.29. The van der Waals surface area contributed by atoms with Gasteiger partial charge in [0.05, 0.1) is 30.6 Å². The molecule has 0 spiro atoms. The van der Waals surface area contributed by atoms with E-state index in [1.54, 1.807) is 24.6 Å². The topological polar surface area (TPSA) is 67.6 Å². The highest BCUT2D eigenvalue weighted by atomic mass is 16.5. The molecule has 0 aromatic carbocycles. The van der Waals surface area contributed by atoms with Gasteiger partial charge in [0.25, 0.3) is 5.91 Å². The Bertz CT molecular complexity index is 630. The molecule has 1 saturated heterocycles. The number of hydrogen-bond acceptors (Lipinski definition) is 5. The molecule has 122 valence electrons. The van der Waals surface area contributed by atoms with Crippen molar-refractivity contribution in [2.24, 2.45) is 0 Å². The molecule has 3 rings (SSSR count). The average molecular weight is 315 g/mol. The number of aromatic nitrogens is 1. The molecule has 1 amide bonds. The highest BCUT2D eigenvalue weighted by Gasteiger charge is 2.23. The van der Waals surface area contributed by atoms with E-state index in [2.05, 4.69) is 29.0 Å². The first-order valence-electron chi connectivity index (χ1n) is 7.79. The molecule has 6 heteroatoms. The Hall–Kier alpha value is -2.34. The molecule has 2 aromatic rings. The van der Waals surface area contributed by atoms with Crippen LogP contribution in [-0.2, 0) is 11.3 Å². The fourth-order valence-electron chi connectivity index (χ4n) is 2.76. The van der Waals surface area contributed by atoms with Crippen LogP contribution in [0.4, 0.5) is 5.82 Å². The third-order valence-corrected chi connectivity index (χ3v) is 3.76. The van der Waals surface area contributed by atoms with E-state index in [1.165, 1.54) is 0 Å². The number of pyridine rings is 1. The molecule has 0 radical (unpaired) electrons. The first-order chi connectivity index (χ1) is 11.1. The molecule has 2 aromatic heterocycles. The molecule has 1 aliphatic heterocycles. The van der Waals surface area contributed by atoms with Crippen molar-refractivity contribution in [3.05, 3.63) is 48.0 Å². The van der Waals surface area contributed by atoms with Gasteiger partial charge in [0.1, 0.15) is 11.6 Å². The lowest BCUT2D eigenvalue weighted by molar-refractivity contribution is -0.00546. The molecule has 0 unspecified atom stereocenters. The second-order valence-corrected chi connectivity index (χ2v) is 5.83. The van der Waals surface area contributed by atoms with Gasteiger partial charge >= 0.3 is 0 Å². The Kier molecular flexibility index (Phi) is 4.62. The predicted molar refractivity (Wildman–Crippen MR) is 86.3 cm³/mol. The van der Waals surface area contributed by atoms with Gasteiger partial charge in [0.2, 0.25) is 0 Å². The summed E-state index contributed by atoms with van der Waals surface area (Å²) in [5.74, 6) is 1.43. The summed E-state index contributed by atoms with van der Waals surface area (Å²) < 4.78 is 10.9. The van der Waals surface area contributed by atoms with Crippen LogP contribution < -0.4 is 10.2 Å². The number of carbonyl (C=O) groups excluding carboxylic acids is 1. The van der Waals surface area contributed by atoms with Crippen molar-refractivity contribution in [1.82, 2.24) is 10.3 Å². The Morgan fingerprint density at radius 1 is 1.30 bits per heavy atom. The van der Waals surface area contributed by atoms with Crippen LogP contribution in [0.3, 0.4) is 0 Å². The van der Waals surface area contributed by atoms with Crippen molar-refractivity contribution >= 4 is 11.7 Å². The van der Waals surface area contributed by atoms with Crippen LogP contribution >= 0.6 is 0 Å². The second-order valence-electron chi connectivity index (χ2n) is 5.83. The van der Waals surface area contributed by atoms with E-state index < -0.39 is 0 Å². The Morgan fingerprint density at radius 2 is 2.09 bits per heavy atom. The van der Waals surface area contributed by atoms with E-state index in [1.807, 2.05) is 12.1 Å². The minimum Gasteiger partial charge on any atom is -0.467 e. The highest BCUT2D eigenvalue weighted by molar-refractivity contribution is 5.93. The standard InChI is InChI=1S/C17H21N3O3/c1-12-10-20(11-13(2)23-12)16-6-5-14(8-18-16)17(21)19-9-15-4-3-7-22-15/h3-8,12-13H,9-11H2,1-2H3,(H,19,21)/t12-,13-/m1/s1. The lowest BCUT2D eigenvalue weighted by atomic mass is 10.2. The minimum absolute atomic E-state index is 0.163. The van der Waals surface area contributed by atoms with Crippen molar-refractivity contribution in [2.75, 3.05) is 18.0 Å². The Morgan fingerprint density at radius 3 is 2.70 bits per heavy atom. The van der Waals surface area contributed by atoms with Gasteiger partial charge < -0.3 is 19.4 Å². The molecule has 1 fully saturated rings. The maximum Gasteiger partial charge on any atom is 0.253 e.